The summed E-state index contributed by atoms with van der Waals surface area (Å²) in [4.78, 5) is 16.5. The number of fused-ring (bicyclic) bond motifs is 1. The summed E-state index contributed by atoms with van der Waals surface area (Å²) in [6.07, 6.45) is 1.89. The van der Waals surface area contributed by atoms with Crippen molar-refractivity contribution in [3.63, 3.8) is 0 Å². The van der Waals surface area contributed by atoms with Crippen LogP contribution in [0.2, 0.25) is 0 Å². The number of thioether (sulfide) groups is 1. The van der Waals surface area contributed by atoms with Crippen LogP contribution in [-0.4, -0.2) is 37.4 Å². The number of ether oxygens (including phenoxy) is 1. The number of hydrogen-bond acceptors (Lipinski definition) is 7. The number of carbonyl (C=O) groups excluding carboxylic acids is 1. The van der Waals surface area contributed by atoms with Crippen LogP contribution in [0.4, 0.5) is 11.6 Å². The van der Waals surface area contributed by atoms with E-state index < -0.39 is 0 Å². The highest BCUT2D eigenvalue weighted by Crippen LogP contribution is 2.27. The van der Waals surface area contributed by atoms with E-state index in [4.69, 9.17) is 9.72 Å². The van der Waals surface area contributed by atoms with Crippen LogP contribution in [-0.2, 0) is 15.9 Å². The average molecular weight is 451 g/mol. The minimum Gasteiger partial charge on any atom is -0.462 e. The Morgan fingerprint density at radius 1 is 1.22 bits per heavy atom. The normalized spacial score (nSPS) is 11.6. The molecule has 0 bridgehead atoms. The lowest BCUT2D eigenvalue weighted by Crippen LogP contribution is -2.11. The highest BCUT2D eigenvalue weighted by Gasteiger charge is 2.18. The van der Waals surface area contributed by atoms with Crippen molar-refractivity contribution in [2.24, 2.45) is 0 Å². The zero-order chi connectivity index (χ0) is 22.7. The minimum atomic E-state index is -0.309. The molecule has 0 aliphatic carbocycles. The molecule has 4 rings (SSSR count). The number of carbonyl (C=O) groups is 1. The van der Waals surface area contributed by atoms with E-state index in [2.05, 4.69) is 41.4 Å². The molecule has 0 spiro atoms. The number of nitrogens with one attached hydrogen (secondary N) is 2. The Morgan fingerprint density at radius 2 is 2.00 bits per heavy atom. The molecule has 0 unspecified atom stereocenters. The summed E-state index contributed by atoms with van der Waals surface area (Å²) in [6, 6.07) is 13.3. The first-order chi connectivity index (χ1) is 15.3. The summed E-state index contributed by atoms with van der Waals surface area (Å²) >= 11 is 1.52. The van der Waals surface area contributed by atoms with Gasteiger partial charge in [0.1, 0.15) is 5.52 Å². The molecule has 0 aliphatic rings. The molecule has 0 atom stereocenters. The molecule has 0 radical (unpaired) electrons. The number of aromatic amines is 1. The number of aromatic nitrogens is 5. The summed E-state index contributed by atoms with van der Waals surface area (Å²) in [7, 11) is 0. The average Bonchev–Trinajstić information content (AvgIpc) is 3.42. The zero-order valence-corrected chi connectivity index (χ0v) is 19.4. The molecule has 9 heteroatoms. The Balaban J connectivity index is 1.50. The van der Waals surface area contributed by atoms with Gasteiger partial charge in [0.25, 0.3) is 0 Å². The third-order valence-corrected chi connectivity index (χ3v) is 5.75. The van der Waals surface area contributed by atoms with Gasteiger partial charge in [0.05, 0.1) is 12.2 Å². The van der Waals surface area contributed by atoms with Gasteiger partial charge in [-0.05, 0) is 36.8 Å². The monoisotopic (exact) mass is 450 g/mol. The molecule has 0 aliphatic heterocycles. The maximum absolute atomic E-state index is 11.8. The third kappa shape index (κ3) is 4.94. The summed E-state index contributed by atoms with van der Waals surface area (Å²) in [5, 5.41) is 16.0. The summed E-state index contributed by atoms with van der Waals surface area (Å²) in [5.74, 6) is 1.77. The molecule has 2 N–H and O–H groups in total. The van der Waals surface area contributed by atoms with Crippen LogP contribution >= 0.6 is 11.8 Å². The highest BCUT2D eigenvalue weighted by atomic mass is 32.2. The number of esters is 1. The lowest BCUT2D eigenvalue weighted by atomic mass is 9.92. The Bertz CT molecular complexity index is 1220. The molecule has 32 heavy (non-hydrogen) atoms. The molecule has 166 valence electrons. The molecular weight excluding hydrogens is 424 g/mol. The van der Waals surface area contributed by atoms with E-state index in [-0.39, 0.29) is 11.4 Å². The van der Waals surface area contributed by atoms with E-state index in [1.165, 1.54) is 11.8 Å². The number of hydrogen-bond donors (Lipinski definition) is 2. The number of nitrogens with zero attached hydrogens (tertiary/aromatic N) is 4. The van der Waals surface area contributed by atoms with Gasteiger partial charge in [0.2, 0.25) is 5.16 Å². The predicted molar refractivity (Wildman–Crippen MR) is 126 cm³/mol. The standard InChI is InChI=1S/C23H26N6O2S/c1-5-31-21(30)16-10-8-15(9-11-16)14-32-22-25-20(17-7-6-12-29(17)28-22)24-19-13-18(26-27-19)23(2,3)4/h6-13H,5,14H2,1-4H3,(H2,24,25,26,27,28). The molecule has 1 aromatic carbocycles. The van der Waals surface area contributed by atoms with Crippen LogP contribution in [0.25, 0.3) is 5.52 Å². The van der Waals surface area contributed by atoms with Crippen molar-refractivity contribution in [2.45, 2.75) is 44.0 Å². The van der Waals surface area contributed by atoms with Gasteiger partial charge in [-0.2, -0.15) is 5.10 Å². The van der Waals surface area contributed by atoms with Crippen molar-refractivity contribution in [1.29, 1.82) is 0 Å². The highest BCUT2D eigenvalue weighted by molar-refractivity contribution is 7.98. The fourth-order valence-corrected chi connectivity index (χ4v) is 3.85. The van der Waals surface area contributed by atoms with Gasteiger partial charge in [-0.15, -0.1) is 5.10 Å². The zero-order valence-electron chi connectivity index (χ0n) is 18.5. The Morgan fingerprint density at radius 3 is 2.69 bits per heavy atom. The van der Waals surface area contributed by atoms with Gasteiger partial charge >= 0.3 is 5.97 Å². The molecule has 0 saturated heterocycles. The molecule has 4 aromatic rings. The van der Waals surface area contributed by atoms with Gasteiger partial charge in [-0.3, -0.25) is 5.10 Å². The Kier molecular flexibility index (Phi) is 6.18. The quantitative estimate of drug-likeness (QED) is 0.303. The largest absolute Gasteiger partial charge is 0.462 e. The second kappa shape index (κ2) is 9.04. The molecule has 3 heterocycles. The second-order valence-electron chi connectivity index (χ2n) is 8.33. The lowest BCUT2D eigenvalue weighted by molar-refractivity contribution is 0.0526. The molecule has 3 aromatic heterocycles. The fraction of sp³-hybridized carbons (Fsp3) is 0.304. The van der Waals surface area contributed by atoms with E-state index in [9.17, 15) is 4.79 Å². The maximum atomic E-state index is 11.8. The van der Waals surface area contributed by atoms with Crippen molar-refractivity contribution < 1.29 is 9.53 Å². The van der Waals surface area contributed by atoms with Crippen LogP contribution in [0, 0.1) is 0 Å². The summed E-state index contributed by atoms with van der Waals surface area (Å²) < 4.78 is 6.84. The second-order valence-corrected chi connectivity index (χ2v) is 9.27. The topological polar surface area (TPSA) is 97.2 Å². The van der Waals surface area contributed by atoms with Crippen LogP contribution in [0.3, 0.4) is 0 Å². The molecule has 8 nitrogen and oxygen atoms in total. The van der Waals surface area contributed by atoms with E-state index in [0.29, 0.717) is 34.7 Å². The summed E-state index contributed by atoms with van der Waals surface area (Å²) in [6.45, 7) is 8.56. The van der Waals surface area contributed by atoms with Gasteiger partial charge in [-0.1, -0.05) is 44.7 Å². The first kappa shape index (κ1) is 21.9. The number of benzene rings is 1. The van der Waals surface area contributed by atoms with Crippen LogP contribution < -0.4 is 5.32 Å². The summed E-state index contributed by atoms with van der Waals surface area (Å²) in [5.41, 5.74) is 3.50. The molecule has 0 amide bonds. The van der Waals surface area contributed by atoms with E-state index in [1.807, 2.05) is 36.5 Å². The number of rotatable bonds is 7. The van der Waals surface area contributed by atoms with Gasteiger partial charge in [0, 0.05) is 29.1 Å². The Labute approximate surface area is 190 Å². The fourth-order valence-electron chi connectivity index (χ4n) is 3.06. The first-order valence-corrected chi connectivity index (χ1v) is 11.4. The maximum Gasteiger partial charge on any atom is 0.338 e. The van der Waals surface area contributed by atoms with Crippen LogP contribution in [0.1, 0.15) is 49.3 Å². The molecule has 0 saturated carbocycles. The van der Waals surface area contributed by atoms with Gasteiger partial charge < -0.3 is 10.1 Å². The van der Waals surface area contributed by atoms with E-state index in [1.54, 1.807) is 23.6 Å². The van der Waals surface area contributed by atoms with Crippen molar-refractivity contribution in [3.8, 4) is 0 Å². The van der Waals surface area contributed by atoms with Gasteiger partial charge in [-0.25, -0.2) is 14.3 Å². The van der Waals surface area contributed by atoms with Crippen molar-refractivity contribution in [3.05, 3.63) is 65.5 Å². The lowest BCUT2D eigenvalue weighted by Gasteiger charge is -2.14. The third-order valence-electron chi connectivity index (χ3n) is 4.84. The van der Waals surface area contributed by atoms with Crippen LogP contribution in [0.5, 0.6) is 0 Å². The molecule has 0 fully saturated rings. The number of anilines is 2. The van der Waals surface area contributed by atoms with Crippen molar-refractivity contribution >= 4 is 34.9 Å². The Hall–Kier alpha value is -3.33. The predicted octanol–water partition coefficient (Wildman–Crippen LogP) is 4.96. The van der Waals surface area contributed by atoms with E-state index in [0.717, 1.165) is 16.8 Å². The van der Waals surface area contributed by atoms with Crippen LogP contribution in [0.15, 0.2) is 53.8 Å². The molecular formula is C23H26N6O2S. The van der Waals surface area contributed by atoms with Crippen molar-refractivity contribution in [1.82, 2.24) is 24.8 Å². The van der Waals surface area contributed by atoms with E-state index >= 15 is 0 Å². The minimum absolute atomic E-state index is 0.0210. The SMILES string of the molecule is CCOC(=O)c1ccc(CSc2nc(Nc3cc(C(C)(C)C)[nH]n3)c3cccn3n2)cc1. The number of H-pyrrole nitrogens is 1. The smallest absolute Gasteiger partial charge is 0.338 e. The van der Waals surface area contributed by atoms with Gasteiger partial charge in [0.15, 0.2) is 11.6 Å². The van der Waals surface area contributed by atoms with Crippen molar-refractivity contribution in [2.75, 3.05) is 11.9 Å². The first-order valence-electron chi connectivity index (χ1n) is 10.4.